The topological polar surface area (TPSA) is 31.6 Å². The highest BCUT2D eigenvalue weighted by Gasteiger charge is 2.20. The molecule has 5 rings (SSSR count). The number of hydrogen-bond acceptors (Lipinski definition) is 3. The maximum atomic E-state index is 11.0. The van der Waals surface area contributed by atoms with Crippen LogP contribution in [0.25, 0.3) is 27.9 Å². The standard InChI is InChI=1S/C28H29Cl2N3O/c29-22-8-10-27-25(17-22)26-18-23(30)9-11-28(26)33(27)20-24(34)19-32-15-13-31(14-16-32)12-4-7-21-5-2-1-3-6-21/h1-11,17-18,24,34H,12-16,19-20H2/b7-4+/t24-/m0/s1. The summed E-state index contributed by atoms with van der Waals surface area (Å²) in [6.07, 6.45) is 3.96. The molecule has 1 saturated heterocycles. The predicted molar refractivity (Wildman–Crippen MR) is 144 cm³/mol. The van der Waals surface area contributed by atoms with Crippen LogP contribution in [0.15, 0.2) is 72.8 Å². The number of aromatic nitrogens is 1. The summed E-state index contributed by atoms with van der Waals surface area (Å²) in [6.45, 7) is 6.11. The Balaban J connectivity index is 1.20. The van der Waals surface area contributed by atoms with Crippen LogP contribution in [0.4, 0.5) is 0 Å². The molecule has 1 atom stereocenters. The van der Waals surface area contributed by atoms with E-state index in [0.29, 0.717) is 23.1 Å². The van der Waals surface area contributed by atoms with Crippen molar-refractivity contribution in [1.29, 1.82) is 0 Å². The Morgan fingerprint density at radius 3 is 1.97 bits per heavy atom. The minimum atomic E-state index is -0.463. The number of benzene rings is 3. The fourth-order valence-electron chi connectivity index (χ4n) is 4.87. The molecule has 3 aromatic carbocycles. The second-order valence-corrected chi connectivity index (χ2v) is 9.87. The van der Waals surface area contributed by atoms with Crippen LogP contribution >= 0.6 is 23.2 Å². The van der Waals surface area contributed by atoms with Crippen LogP contribution in [0, 0.1) is 0 Å². The van der Waals surface area contributed by atoms with E-state index in [1.54, 1.807) is 0 Å². The van der Waals surface area contributed by atoms with Gasteiger partial charge in [0.15, 0.2) is 0 Å². The fraction of sp³-hybridized carbons (Fsp3) is 0.286. The van der Waals surface area contributed by atoms with Gasteiger partial charge in [0.1, 0.15) is 0 Å². The van der Waals surface area contributed by atoms with Crippen LogP contribution in [0.5, 0.6) is 0 Å². The third-order valence-electron chi connectivity index (χ3n) is 6.59. The molecule has 4 aromatic rings. The van der Waals surface area contributed by atoms with Crippen molar-refractivity contribution in [1.82, 2.24) is 14.4 Å². The maximum Gasteiger partial charge on any atom is 0.0845 e. The lowest BCUT2D eigenvalue weighted by Crippen LogP contribution is -2.48. The lowest BCUT2D eigenvalue weighted by atomic mass is 10.1. The van der Waals surface area contributed by atoms with Crippen molar-refractivity contribution in [2.24, 2.45) is 0 Å². The van der Waals surface area contributed by atoms with E-state index in [4.69, 9.17) is 23.2 Å². The number of β-amino-alcohol motifs (C(OH)–C–C–N with tert-alkyl or cyclic N) is 1. The number of nitrogens with zero attached hydrogens (tertiary/aromatic N) is 3. The molecule has 6 heteroatoms. The number of rotatable bonds is 7. The van der Waals surface area contributed by atoms with Crippen LogP contribution in [0.1, 0.15) is 5.56 Å². The van der Waals surface area contributed by atoms with Crippen molar-refractivity contribution in [3.63, 3.8) is 0 Å². The molecule has 2 heterocycles. The van der Waals surface area contributed by atoms with E-state index in [-0.39, 0.29) is 0 Å². The number of fused-ring (bicyclic) bond motifs is 3. The maximum absolute atomic E-state index is 11.0. The quantitative estimate of drug-likeness (QED) is 0.353. The molecule has 0 amide bonds. The molecule has 34 heavy (non-hydrogen) atoms. The highest BCUT2D eigenvalue weighted by molar-refractivity contribution is 6.33. The number of hydrogen-bond donors (Lipinski definition) is 1. The zero-order valence-electron chi connectivity index (χ0n) is 19.1. The van der Waals surface area contributed by atoms with Crippen LogP contribution in [0.3, 0.4) is 0 Å². The molecular formula is C28H29Cl2N3O. The monoisotopic (exact) mass is 493 g/mol. The minimum absolute atomic E-state index is 0.463. The summed E-state index contributed by atoms with van der Waals surface area (Å²) < 4.78 is 2.19. The summed E-state index contributed by atoms with van der Waals surface area (Å²) in [5.41, 5.74) is 3.37. The van der Waals surface area contributed by atoms with Gasteiger partial charge in [0, 0.05) is 71.1 Å². The fourth-order valence-corrected chi connectivity index (χ4v) is 5.21. The molecule has 1 aromatic heterocycles. The van der Waals surface area contributed by atoms with Crippen LogP contribution < -0.4 is 0 Å². The van der Waals surface area contributed by atoms with Crippen LogP contribution in [-0.2, 0) is 6.54 Å². The molecule has 1 fully saturated rings. The summed E-state index contributed by atoms with van der Waals surface area (Å²) >= 11 is 12.5. The van der Waals surface area contributed by atoms with E-state index < -0.39 is 6.10 Å². The molecule has 1 aliphatic heterocycles. The van der Waals surface area contributed by atoms with Gasteiger partial charge in [-0.05, 0) is 42.0 Å². The van der Waals surface area contributed by atoms with Crippen molar-refractivity contribution in [2.45, 2.75) is 12.6 Å². The molecule has 0 unspecified atom stereocenters. The molecule has 0 spiro atoms. The van der Waals surface area contributed by atoms with Gasteiger partial charge < -0.3 is 9.67 Å². The largest absolute Gasteiger partial charge is 0.390 e. The molecule has 0 aliphatic carbocycles. The Hall–Kier alpha value is -2.34. The van der Waals surface area contributed by atoms with Gasteiger partial charge in [-0.3, -0.25) is 9.80 Å². The van der Waals surface area contributed by atoms with Gasteiger partial charge in [-0.15, -0.1) is 0 Å². The highest BCUT2D eigenvalue weighted by atomic mass is 35.5. The number of aliphatic hydroxyl groups excluding tert-OH is 1. The molecule has 0 bridgehead atoms. The second kappa shape index (κ2) is 10.5. The molecule has 4 nitrogen and oxygen atoms in total. The van der Waals surface area contributed by atoms with Crippen molar-refractivity contribution >= 4 is 51.1 Å². The zero-order chi connectivity index (χ0) is 23.5. The number of aliphatic hydroxyl groups is 1. The molecule has 1 N–H and O–H groups in total. The lowest BCUT2D eigenvalue weighted by molar-refractivity contribution is 0.0688. The average molecular weight is 494 g/mol. The number of halogens is 2. The second-order valence-electron chi connectivity index (χ2n) is 9.00. The smallest absolute Gasteiger partial charge is 0.0845 e. The summed E-state index contributed by atoms with van der Waals surface area (Å²) in [6, 6.07) is 22.2. The Bertz CT molecular complexity index is 1230. The summed E-state index contributed by atoms with van der Waals surface area (Å²) in [7, 11) is 0. The Morgan fingerprint density at radius 1 is 0.765 bits per heavy atom. The Labute approximate surface area is 210 Å². The van der Waals surface area contributed by atoms with Crippen molar-refractivity contribution in [3.8, 4) is 0 Å². The minimum Gasteiger partial charge on any atom is -0.390 e. The van der Waals surface area contributed by atoms with E-state index in [1.807, 2.05) is 42.5 Å². The van der Waals surface area contributed by atoms with Crippen LogP contribution in [0.2, 0.25) is 10.0 Å². The molecule has 0 radical (unpaired) electrons. The first-order valence-electron chi connectivity index (χ1n) is 11.8. The average Bonchev–Trinajstić information content (AvgIpc) is 3.12. The van der Waals surface area contributed by atoms with E-state index in [2.05, 4.69) is 50.8 Å². The molecule has 1 aliphatic rings. The van der Waals surface area contributed by atoms with Gasteiger partial charge in [0.05, 0.1) is 12.6 Å². The van der Waals surface area contributed by atoms with Gasteiger partial charge in [-0.25, -0.2) is 0 Å². The van der Waals surface area contributed by atoms with E-state index in [1.165, 1.54) is 5.56 Å². The van der Waals surface area contributed by atoms with Gasteiger partial charge >= 0.3 is 0 Å². The molecule has 0 saturated carbocycles. The highest BCUT2D eigenvalue weighted by Crippen LogP contribution is 2.33. The van der Waals surface area contributed by atoms with Gasteiger partial charge in [-0.2, -0.15) is 0 Å². The molecule has 176 valence electrons. The third kappa shape index (κ3) is 5.32. The summed E-state index contributed by atoms with van der Waals surface area (Å²) in [4.78, 5) is 4.83. The summed E-state index contributed by atoms with van der Waals surface area (Å²) in [5, 5.41) is 14.5. The van der Waals surface area contributed by atoms with Gasteiger partial charge in [-0.1, -0.05) is 65.7 Å². The van der Waals surface area contributed by atoms with Gasteiger partial charge in [0.2, 0.25) is 0 Å². The van der Waals surface area contributed by atoms with Gasteiger partial charge in [0.25, 0.3) is 0 Å². The lowest BCUT2D eigenvalue weighted by Gasteiger charge is -2.35. The first-order valence-corrected chi connectivity index (χ1v) is 12.5. The Kier molecular flexibility index (Phi) is 7.23. The normalized spacial score (nSPS) is 16.7. The predicted octanol–water partition coefficient (Wildman–Crippen LogP) is 5.79. The van der Waals surface area contributed by atoms with E-state index >= 15 is 0 Å². The molecular weight excluding hydrogens is 465 g/mol. The third-order valence-corrected chi connectivity index (χ3v) is 7.06. The van der Waals surface area contributed by atoms with E-state index in [9.17, 15) is 5.11 Å². The first-order chi connectivity index (χ1) is 16.6. The SMILES string of the molecule is O[C@@H](CN1CCN(C/C=C/c2ccccc2)CC1)Cn1c2ccc(Cl)cc2c2cc(Cl)ccc21. The number of piperazine rings is 1. The van der Waals surface area contributed by atoms with Crippen molar-refractivity contribution < 1.29 is 5.11 Å². The van der Waals surface area contributed by atoms with Crippen molar-refractivity contribution in [2.75, 3.05) is 39.3 Å². The first kappa shape index (κ1) is 23.4. The Morgan fingerprint density at radius 2 is 1.35 bits per heavy atom. The van der Waals surface area contributed by atoms with Crippen molar-refractivity contribution in [3.05, 3.63) is 88.4 Å². The van der Waals surface area contributed by atoms with Crippen LogP contribution in [-0.4, -0.2) is 64.8 Å². The summed E-state index contributed by atoms with van der Waals surface area (Å²) in [5.74, 6) is 0. The van der Waals surface area contributed by atoms with E-state index in [0.717, 1.165) is 54.5 Å². The zero-order valence-corrected chi connectivity index (χ0v) is 20.6.